The van der Waals surface area contributed by atoms with Crippen LogP contribution >= 0.6 is 0 Å². The van der Waals surface area contributed by atoms with Gasteiger partial charge in [0.15, 0.2) is 0 Å². The van der Waals surface area contributed by atoms with Crippen LogP contribution in [-0.4, -0.2) is 18.1 Å². The van der Waals surface area contributed by atoms with E-state index in [1.807, 2.05) is 19.2 Å². The molecule has 0 saturated heterocycles. The highest BCUT2D eigenvalue weighted by atomic mass is 16.5. The second-order valence-corrected chi connectivity index (χ2v) is 4.40. The van der Waals surface area contributed by atoms with Crippen molar-refractivity contribution in [2.45, 2.75) is 52.1 Å². The average Bonchev–Trinajstić information content (AvgIpc) is 2.35. The van der Waals surface area contributed by atoms with Crippen molar-refractivity contribution in [1.29, 1.82) is 0 Å². The fourth-order valence-corrected chi connectivity index (χ4v) is 1.77. The number of nitrogens with zero attached hydrogens (tertiary/aromatic N) is 1. The molecule has 1 aromatic rings. The van der Waals surface area contributed by atoms with Crippen molar-refractivity contribution in [2.24, 2.45) is 0 Å². The molecule has 1 N–H and O–H groups in total. The number of hydrogen-bond donors (Lipinski definition) is 1. The van der Waals surface area contributed by atoms with Gasteiger partial charge in [0.25, 0.3) is 0 Å². The molecule has 0 bridgehead atoms. The number of ether oxygens (including phenoxy) is 1. The number of nitrogens with one attached hydrogen (secondary N) is 1. The Bertz CT molecular complexity index is 315. The second-order valence-electron chi connectivity index (χ2n) is 4.40. The van der Waals surface area contributed by atoms with Gasteiger partial charge < -0.3 is 10.1 Å². The zero-order chi connectivity index (χ0) is 12.5. The minimum absolute atomic E-state index is 0.277. The topological polar surface area (TPSA) is 34.1 Å². The van der Waals surface area contributed by atoms with Crippen LogP contribution in [-0.2, 0) is 0 Å². The van der Waals surface area contributed by atoms with Crippen LogP contribution in [0.25, 0.3) is 0 Å². The van der Waals surface area contributed by atoms with Crippen LogP contribution in [0.5, 0.6) is 5.75 Å². The van der Waals surface area contributed by atoms with Gasteiger partial charge in [-0.05, 0) is 25.8 Å². The summed E-state index contributed by atoms with van der Waals surface area (Å²) in [6.45, 7) is 4.36. The molecule has 0 aliphatic heterocycles. The lowest BCUT2D eigenvalue weighted by Gasteiger charge is -2.14. The molecule has 96 valence electrons. The number of anilines is 1. The van der Waals surface area contributed by atoms with Gasteiger partial charge in [-0.3, -0.25) is 0 Å². The molecular weight excluding hydrogens is 212 g/mol. The number of hydrogen-bond acceptors (Lipinski definition) is 3. The largest absolute Gasteiger partial charge is 0.491 e. The summed E-state index contributed by atoms with van der Waals surface area (Å²) in [4.78, 5) is 4.16. The average molecular weight is 236 g/mol. The minimum atomic E-state index is 0.277. The van der Waals surface area contributed by atoms with Crippen molar-refractivity contribution < 1.29 is 4.74 Å². The van der Waals surface area contributed by atoms with Crippen LogP contribution < -0.4 is 10.1 Å². The Morgan fingerprint density at radius 3 is 2.88 bits per heavy atom. The van der Waals surface area contributed by atoms with Gasteiger partial charge in [0.2, 0.25) is 0 Å². The molecule has 3 nitrogen and oxygen atoms in total. The van der Waals surface area contributed by atoms with Crippen LogP contribution in [0.15, 0.2) is 18.3 Å². The van der Waals surface area contributed by atoms with Gasteiger partial charge in [0.1, 0.15) is 11.6 Å². The molecule has 0 spiro atoms. The van der Waals surface area contributed by atoms with Crippen LogP contribution in [0, 0.1) is 0 Å². The summed E-state index contributed by atoms with van der Waals surface area (Å²) in [6.07, 6.45) is 8.33. The monoisotopic (exact) mass is 236 g/mol. The van der Waals surface area contributed by atoms with Gasteiger partial charge >= 0.3 is 0 Å². The van der Waals surface area contributed by atoms with E-state index < -0.39 is 0 Å². The fourth-order valence-electron chi connectivity index (χ4n) is 1.77. The molecule has 0 aliphatic carbocycles. The second kappa shape index (κ2) is 7.93. The zero-order valence-electron chi connectivity index (χ0n) is 11.2. The Hall–Kier alpha value is -1.25. The molecule has 0 saturated carbocycles. The van der Waals surface area contributed by atoms with E-state index in [2.05, 4.69) is 24.1 Å². The molecule has 17 heavy (non-hydrogen) atoms. The maximum Gasteiger partial charge on any atom is 0.129 e. The summed E-state index contributed by atoms with van der Waals surface area (Å²) in [5.74, 6) is 1.74. The Balaban J connectivity index is 2.31. The lowest BCUT2D eigenvalue weighted by atomic mass is 10.1. The van der Waals surface area contributed by atoms with E-state index in [0.29, 0.717) is 0 Å². The predicted molar refractivity (Wildman–Crippen MR) is 72.6 cm³/mol. The van der Waals surface area contributed by atoms with Gasteiger partial charge in [-0.1, -0.05) is 26.2 Å². The van der Waals surface area contributed by atoms with Crippen molar-refractivity contribution in [3.8, 4) is 5.75 Å². The molecule has 0 radical (unpaired) electrons. The van der Waals surface area contributed by atoms with Crippen LogP contribution in [0.4, 0.5) is 5.82 Å². The highest BCUT2D eigenvalue weighted by molar-refractivity contribution is 5.39. The van der Waals surface area contributed by atoms with Crippen LogP contribution in [0.3, 0.4) is 0 Å². The summed E-state index contributed by atoms with van der Waals surface area (Å²) in [5, 5.41) is 3.01. The van der Waals surface area contributed by atoms with Crippen molar-refractivity contribution in [3.63, 3.8) is 0 Å². The SMILES string of the molecule is CCCCCCC(C)Oc1ccnc(NC)c1. The molecule has 0 amide bonds. The third-order valence-electron chi connectivity index (χ3n) is 2.79. The minimum Gasteiger partial charge on any atom is -0.491 e. The van der Waals surface area contributed by atoms with E-state index in [9.17, 15) is 0 Å². The van der Waals surface area contributed by atoms with Crippen LogP contribution in [0.2, 0.25) is 0 Å². The summed E-state index contributed by atoms with van der Waals surface area (Å²) in [5.41, 5.74) is 0. The van der Waals surface area contributed by atoms with Crippen LogP contribution in [0.1, 0.15) is 46.0 Å². The molecule has 1 unspecified atom stereocenters. The first-order valence-corrected chi connectivity index (χ1v) is 6.56. The highest BCUT2D eigenvalue weighted by Gasteiger charge is 2.04. The predicted octanol–water partition coefficient (Wildman–Crippen LogP) is 3.86. The van der Waals surface area contributed by atoms with E-state index in [1.54, 1.807) is 6.20 Å². The first-order chi connectivity index (χ1) is 8.26. The molecule has 1 aromatic heterocycles. The van der Waals surface area contributed by atoms with E-state index in [0.717, 1.165) is 18.0 Å². The third-order valence-corrected chi connectivity index (χ3v) is 2.79. The summed E-state index contributed by atoms with van der Waals surface area (Å²) in [7, 11) is 1.86. The summed E-state index contributed by atoms with van der Waals surface area (Å²) in [6, 6.07) is 3.84. The first-order valence-electron chi connectivity index (χ1n) is 6.56. The molecule has 0 fully saturated rings. The van der Waals surface area contributed by atoms with Gasteiger partial charge in [-0.2, -0.15) is 0 Å². The molecule has 0 aliphatic rings. The number of pyridine rings is 1. The molecule has 1 atom stereocenters. The van der Waals surface area contributed by atoms with E-state index in [4.69, 9.17) is 4.74 Å². The Morgan fingerprint density at radius 1 is 1.35 bits per heavy atom. The summed E-state index contributed by atoms with van der Waals surface area (Å²) < 4.78 is 5.86. The maximum absolute atomic E-state index is 5.86. The number of aromatic nitrogens is 1. The quantitative estimate of drug-likeness (QED) is 0.696. The molecule has 1 heterocycles. The van der Waals surface area contributed by atoms with Crippen molar-refractivity contribution in [1.82, 2.24) is 4.98 Å². The van der Waals surface area contributed by atoms with Gasteiger partial charge in [0.05, 0.1) is 6.10 Å². The van der Waals surface area contributed by atoms with E-state index in [-0.39, 0.29) is 6.10 Å². The normalized spacial score (nSPS) is 12.2. The Kier molecular flexibility index (Phi) is 6.45. The van der Waals surface area contributed by atoms with E-state index in [1.165, 1.54) is 25.7 Å². The van der Waals surface area contributed by atoms with E-state index >= 15 is 0 Å². The number of rotatable bonds is 8. The Labute approximate surface area is 105 Å². The number of unbranched alkanes of at least 4 members (excludes halogenated alkanes) is 3. The fraction of sp³-hybridized carbons (Fsp3) is 0.643. The van der Waals surface area contributed by atoms with Gasteiger partial charge in [-0.15, -0.1) is 0 Å². The van der Waals surface area contributed by atoms with Gasteiger partial charge in [-0.25, -0.2) is 4.98 Å². The van der Waals surface area contributed by atoms with Gasteiger partial charge in [0, 0.05) is 19.3 Å². The smallest absolute Gasteiger partial charge is 0.129 e. The lowest BCUT2D eigenvalue weighted by molar-refractivity contribution is 0.206. The molecule has 0 aromatic carbocycles. The molecular formula is C14H24N2O. The molecule has 1 rings (SSSR count). The molecule has 3 heteroatoms. The van der Waals surface area contributed by atoms with Crippen molar-refractivity contribution >= 4 is 5.82 Å². The lowest BCUT2D eigenvalue weighted by Crippen LogP contribution is -2.11. The third kappa shape index (κ3) is 5.57. The first kappa shape index (κ1) is 13.8. The Morgan fingerprint density at radius 2 is 2.18 bits per heavy atom. The standard InChI is InChI=1S/C14H24N2O/c1-4-5-6-7-8-12(2)17-13-9-10-16-14(11-13)15-3/h9-12H,4-8H2,1-3H3,(H,15,16). The maximum atomic E-state index is 5.86. The van der Waals surface area contributed by atoms with Crippen molar-refractivity contribution in [2.75, 3.05) is 12.4 Å². The highest BCUT2D eigenvalue weighted by Crippen LogP contribution is 2.17. The summed E-state index contributed by atoms with van der Waals surface area (Å²) >= 11 is 0. The zero-order valence-corrected chi connectivity index (χ0v) is 11.2. The van der Waals surface area contributed by atoms with Crippen molar-refractivity contribution in [3.05, 3.63) is 18.3 Å².